The lowest BCUT2D eigenvalue weighted by molar-refractivity contribution is -0.119. The predicted octanol–water partition coefficient (Wildman–Crippen LogP) is 0.487. The van der Waals surface area contributed by atoms with Gasteiger partial charge in [-0.15, -0.1) is 5.10 Å². The van der Waals surface area contributed by atoms with Crippen molar-refractivity contribution in [3.8, 4) is 0 Å². The summed E-state index contributed by atoms with van der Waals surface area (Å²) >= 11 is 5.60. The largest absolute Gasteiger partial charge is 0.355 e. The fourth-order valence-electron chi connectivity index (χ4n) is 1.07. The van der Waals surface area contributed by atoms with Crippen molar-refractivity contribution < 1.29 is 4.79 Å². The number of rotatable bonds is 5. The second kappa shape index (κ2) is 6.22. The first-order valence-corrected chi connectivity index (χ1v) is 5.34. The maximum Gasteiger partial charge on any atom is 0.244 e. The van der Waals surface area contributed by atoms with Crippen LogP contribution in [0.5, 0.6) is 0 Å². The number of carbonyl (C=O) groups is 1. The summed E-state index contributed by atoms with van der Waals surface area (Å²) in [5.41, 5.74) is 0. The Bertz CT molecular complexity index is 360. The van der Waals surface area contributed by atoms with Gasteiger partial charge in [0.1, 0.15) is 0 Å². The van der Waals surface area contributed by atoms with Gasteiger partial charge in [0.25, 0.3) is 0 Å². The Morgan fingerprint density at radius 2 is 2.38 bits per heavy atom. The molecule has 7 heteroatoms. The second-order valence-corrected chi connectivity index (χ2v) is 3.63. The lowest BCUT2D eigenvalue weighted by atomic mass is 10.4. The Kier molecular flexibility index (Phi) is 4.91. The first-order chi connectivity index (χ1) is 7.63. The molecular weight excluding hydrogens is 230 g/mol. The molecule has 0 radical (unpaired) electrons. The van der Waals surface area contributed by atoms with Gasteiger partial charge in [0, 0.05) is 13.6 Å². The Morgan fingerprint density at radius 3 is 3.00 bits per heavy atom. The van der Waals surface area contributed by atoms with Crippen LogP contribution in [0.4, 0.5) is 5.82 Å². The van der Waals surface area contributed by atoms with Crippen LogP contribution in [-0.4, -0.2) is 41.2 Å². The normalized spacial score (nSPS) is 9.94. The zero-order chi connectivity index (χ0) is 12.0. The van der Waals surface area contributed by atoms with E-state index in [1.54, 1.807) is 11.9 Å². The Morgan fingerprint density at radius 1 is 1.62 bits per heavy atom. The van der Waals surface area contributed by atoms with Crippen LogP contribution in [0.1, 0.15) is 13.3 Å². The molecule has 88 valence electrons. The van der Waals surface area contributed by atoms with Gasteiger partial charge in [0.2, 0.25) is 11.2 Å². The van der Waals surface area contributed by atoms with Crippen molar-refractivity contribution in [3.63, 3.8) is 0 Å². The fraction of sp³-hybridized carbons (Fsp3) is 0.556. The van der Waals surface area contributed by atoms with Crippen LogP contribution in [0.2, 0.25) is 5.28 Å². The van der Waals surface area contributed by atoms with E-state index in [1.807, 2.05) is 6.92 Å². The van der Waals surface area contributed by atoms with E-state index in [0.29, 0.717) is 12.4 Å². The number of nitrogens with one attached hydrogen (secondary N) is 1. The lowest BCUT2D eigenvalue weighted by Gasteiger charge is -2.16. The van der Waals surface area contributed by atoms with Crippen LogP contribution in [0.25, 0.3) is 0 Å². The quantitative estimate of drug-likeness (QED) is 0.815. The molecule has 0 atom stereocenters. The molecule has 0 aliphatic heterocycles. The minimum absolute atomic E-state index is 0.0564. The average molecular weight is 244 g/mol. The highest BCUT2D eigenvalue weighted by molar-refractivity contribution is 6.28. The molecular formula is C9H14ClN5O. The van der Waals surface area contributed by atoms with Crippen LogP contribution in [0, 0.1) is 0 Å². The SMILES string of the molecule is CCCNC(=O)CN(C)c1cnnc(Cl)n1. The molecule has 1 heterocycles. The number of anilines is 1. The Balaban J connectivity index is 2.52. The summed E-state index contributed by atoms with van der Waals surface area (Å²) in [6, 6.07) is 0. The van der Waals surface area contributed by atoms with Crippen molar-refractivity contribution in [2.45, 2.75) is 13.3 Å². The standard InChI is InChI=1S/C9H14ClN5O/c1-3-4-11-8(16)6-15(2)7-5-12-14-9(10)13-7/h5H,3-4,6H2,1-2H3,(H,11,16). The van der Waals surface area contributed by atoms with Gasteiger partial charge in [0.15, 0.2) is 5.82 Å². The fourth-order valence-corrected chi connectivity index (χ4v) is 1.20. The van der Waals surface area contributed by atoms with Gasteiger partial charge in [-0.25, -0.2) is 0 Å². The molecule has 1 aromatic rings. The summed E-state index contributed by atoms with van der Waals surface area (Å²) in [7, 11) is 1.74. The van der Waals surface area contributed by atoms with Crippen LogP contribution in [-0.2, 0) is 4.79 Å². The van der Waals surface area contributed by atoms with Crippen LogP contribution < -0.4 is 10.2 Å². The minimum Gasteiger partial charge on any atom is -0.355 e. The summed E-state index contributed by atoms with van der Waals surface area (Å²) in [5, 5.41) is 10.0. The van der Waals surface area contributed by atoms with Crippen LogP contribution >= 0.6 is 11.6 Å². The van der Waals surface area contributed by atoms with Crippen molar-refractivity contribution in [2.75, 3.05) is 25.0 Å². The number of halogens is 1. The first kappa shape index (κ1) is 12.6. The highest BCUT2D eigenvalue weighted by Crippen LogP contribution is 2.07. The number of aromatic nitrogens is 3. The predicted molar refractivity (Wildman–Crippen MR) is 61.4 cm³/mol. The lowest BCUT2D eigenvalue weighted by Crippen LogP contribution is -2.35. The summed E-state index contributed by atoms with van der Waals surface area (Å²) in [6.07, 6.45) is 2.37. The molecule has 0 aliphatic rings. The number of nitrogens with zero attached hydrogens (tertiary/aromatic N) is 4. The molecule has 16 heavy (non-hydrogen) atoms. The molecule has 1 rings (SSSR count). The third-order valence-electron chi connectivity index (χ3n) is 1.86. The van der Waals surface area contributed by atoms with Gasteiger partial charge < -0.3 is 10.2 Å². The number of hydrogen-bond acceptors (Lipinski definition) is 5. The molecule has 6 nitrogen and oxygen atoms in total. The smallest absolute Gasteiger partial charge is 0.244 e. The second-order valence-electron chi connectivity index (χ2n) is 3.29. The highest BCUT2D eigenvalue weighted by atomic mass is 35.5. The van der Waals surface area contributed by atoms with E-state index in [2.05, 4.69) is 20.5 Å². The van der Waals surface area contributed by atoms with Gasteiger partial charge in [-0.05, 0) is 18.0 Å². The topological polar surface area (TPSA) is 71.0 Å². The number of amides is 1. The molecule has 1 aromatic heterocycles. The van der Waals surface area contributed by atoms with Crippen molar-refractivity contribution in [2.24, 2.45) is 0 Å². The van der Waals surface area contributed by atoms with Crippen LogP contribution in [0.3, 0.4) is 0 Å². The zero-order valence-electron chi connectivity index (χ0n) is 9.27. The minimum atomic E-state index is -0.0564. The third kappa shape index (κ3) is 3.98. The summed E-state index contributed by atoms with van der Waals surface area (Å²) in [4.78, 5) is 17.0. The Hall–Kier alpha value is -1.43. The molecule has 0 fully saturated rings. The molecule has 1 amide bonds. The van der Waals surface area contributed by atoms with Gasteiger partial charge in [-0.3, -0.25) is 4.79 Å². The molecule has 0 saturated carbocycles. The Labute approximate surface area is 99.0 Å². The molecule has 0 saturated heterocycles. The average Bonchev–Trinajstić information content (AvgIpc) is 2.26. The summed E-state index contributed by atoms with van der Waals surface area (Å²) in [5.74, 6) is 0.464. The molecule has 0 aromatic carbocycles. The molecule has 0 aliphatic carbocycles. The van der Waals surface area contributed by atoms with Crippen LogP contribution in [0.15, 0.2) is 6.20 Å². The summed E-state index contributed by atoms with van der Waals surface area (Å²) < 4.78 is 0. The monoisotopic (exact) mass is 243 g/mol. The first-order valence-electron chi connectivity index (χ1n) is 4.96. The van der Waals surface area contributed by atoms with Gasteiger partial charge in [0.05, 0.1) is 12.7 Å². The van der Waals surface area contributed by atoms with Crippen molar-refractivity contribution >= 4 is 23.3 Å². The van der Waals surface area contributed by atoms with E-state index in [4.69, 9.17) is 11.6 Å². The zero-order valence-corrected chi connectivity index (χ0v) is 10.0. The van der Waals surface area contributed by atoms with Gasteiger partial charge >= 0.3 is 0 Å². The molecule has 0 spiro atoms. The highest BCUT2D eigenvalue weighted by Gasteiger charge is 2.08. The maximum atomic E-state index is 11.4. The van der Waals surface area contributed by atoms with Gasteiger partial charge in [-0.2, -0.15) is 10.1 Å². The number of carbonyl (C=O) groups excluding carboxylic acids is 1. The molecule has 0 bridgehead atoms. The molecule has 1 N–H and O–H groups in total. The van der Waals surface area contributed by atoms with E-state index in [-0.39, 0.29) is 17.7 Å². The summed E-state index contributed by atoms with van der Waals surface area (Å²) in [6.45, 7) is 2.89. The van der Waals surface area contributed by atoms with Crippen molar-refractivity contribution in [1.29, 1.82) is 0 Å². The van der Waals surface area contributed by atoms with E-state index < -0.39 is 0 Å². The maximum absolute atomic E-state index is 11.4. The van der Waals surface area contributed by atoms with Gasteiger partial charge in [-0.1, -0.05) is 6.92 Å². The third-order valence-corrected chi connectivity index (χ3v) is 2.02. The number of hydrogen-bond donors (Lipinski definition) is 1. The van der Waals surface area contributed by atoms with Crippen molar-refractivity contribution in [1.82, 2.24) is 20.5 Å². The van der Waals surface area contributed by atoms with E-state index in [0.717, 1.165) is 6.42 Å². The van der Waals surface area contributed by atoms with E-state index >= 15 is 0 Å². The molecule has 0 unspecified atom stereocenters. The van der Waals surface area contributed by atoms with E-state index in [1.165, 1.54) is 6.20 Å². The number of likely N-dealkylation sites (N-methyl/N-ethyl adjacent to an activating group) is 1. The van der Waals surface area contributed by atoms with Crippen molar-refractivity contribution in [3.05, 3.63) is 11.5 Å². The van der Waals surface area contributed by atoms with E-state index in [9.17, 15) is 4.79 Å².